The first-order valence-electron chi connectivity index (χ1n) is 7.26. The van der Waals surface area contributed by atoms with Crippen molar-refractivity contribution < 1.29 is 14.3 Å². The van der Waals surface area contributed by atoms with Gasteiger partial charge in [-0.2, -0.15) is 0 Å². The third kappa shape index (κ3) is 4.21. The van der Waals surface area contributed by atoms with Crippen LogP contribution >= 0.6 is 0 Å². The fourth-order valence-electron chi connectivity index (χ4n) is 2.51. The maximum atomic E-state index is 12.2. The van der Waals surface area contributed by atoms with E-state index in [1.165, 1.54) is 0 Å². The maximum absolute atomic E-state index is 12.2. The van der Waals surface area contributed by atoms with E-state index in [0.717, 1.165) is 11.3 Å². The van der Waals surface area contributed by atoms with Crippen molar-refractivity contribution >= 4 is 11.8 Å². The lowest BCUT2D eigenvalue weighted by Crippen LogP contribution is -2.50. The number of nitrogens with zero attached hydrogens (tertiary/aromatic N) is 2. The summed E-state index contributed by atoms with van der Waals surface area (Å²) in [4.78, 5) is 27.1. The highest BCUT2D eigenvalue weighted by Gasteiger charge is 2.21. The van der Waals surface area contributed by atoms with Crippen LogP contribution in [0.1, 0.15) is 18.9 Å². The predicted molar refractivity (Wildman–Crippen MR) is 80.1 cm³/mol. The lowest BCUT2D eigenvalue weighted by molar-refractivity contribution is -0.138. The van der Waals surface area contributed by atoms with Gasteiger partial charge in [0.05, 0.1) is 7.11 Å². The van der Waals surface area contributed by atoms with Gasteiger partial charge in [0.1, 0.15) is 5.75 Å². The minimum atomic E-state index is 0.0819. The molecule has 21 heavy (non-hydrogen) atoms. The molecule has 0 saturated carbocycles. The van der Waals surface area contributed by atoms with Gasteiger partial charge in [-0.05, 0) is 24.1 Å². The number of amides is 2. The number of methoxy groups -OCH3 is 1. The number of aryl methyl sites for hydroxylation is 1. The molecule has 0 N–H and O–H groups in total. The normalized spacial score (nSPS) is 15.0. The van der Waals surface area contributed by atoms with Gasteiger partial charge in [0.25, 0.3) is 0 Å². The zero-order valence-electron chi connectivity index (χ0n) is 12.7. The molecule has 1 aromatic rings. The molecule has 1 saturated heterocycles. The van der Waals surface area contributed by atoms with Crippen LogP contribution in [0.2, 0.25) is 0 Å². The second-order valence-electron chi connectivity index (χ2n) is 5.24. The number of carbonyl (C=O) groups excluding carboxylic acids is 2. The molecule has 0 bridgehead atoms. The summed E-state index contributed by atoms with van der Waals surface area (Å²) >= 11 is 0. The summed E-state index contributed by atoms with van der Waals surface area (Å²) in [6.07, 6.45) is 1.20. The van der Waals surface area contributed by atoms with Gasteiger partial charge in [0.2, 0.25) is 11.8 Å². The molecule has 5 nitrogen and oxygen atoms in total. The van der Waals surface area contributed by atoms with Crippen molar-refractivity contribution in [2.45, 2.75) is 19.8 Å². The molecule has 1 aliphatic heterocycles. The van der Waals surface area contributed by atoms with E-state index in [9.17, 15) is 9.59 Å². The molecular formula is C16H22N2O3. The number of hydrogen-bond acceptors (Lipinski definition) is 3. The fraction of sp³-hybridized carbons (Fsp3) is 0.500. The fourth-order valence-corrected chi connectivity index (χ4v) is 2.51. The van der Waals surface area contributed by atoms with E-state index < -0.39 is 0 Å². The molecule has 5 heteroatoms. The highest BCUT2D eigenvalue weighted by atomic mass is 16.5. The Morgan fingerprint density at radius 3 is 2.43 bits per heavy atom. The van der Waals surface area contributed by atoms with Crippen molar-refractivity contribution in [3.63, 3.8) is 0 Å². The predicted octanol–water partition coefficient (Wildman–Crippen LogP) is 1.32. The summed E-state index contributed by atoms with van der Waals surface area (Å²) in [5.41, 5.74) is 1.10. The third-order valence-electron chi connectivity index (χ3n) is 3.84. The van der Waals surface area contributed by atoms with Gasteiger partial charge in [-0.15, -0.1) is 0 Å². The lowest BCUT2D eigenvalue weighted by atomic mass is 10.1. The number of piperazine rings is 1. The van der Waals surface area contributed by atoms with Crippen molar-refractivity contribution in [3.05, 3.63) is 29.8 Å². The van der Waals surface area contributed by atoms with Crippen molar-refractivity contribution in [1.29, 1.82) is 0 Å². The van der Waals surface area contributed by atoms with Crippen molar-refractivity contribution in [3.8, 4) is 5.75 Å². The Balaban J connectivity index is 1.81. The zero-order valence-corrected chi connectivity index (χ0v) is 12.7. The molecule has 0 spiro atoms. The van der Waals surface area contributed by atoms with E-state index in [-0.39, 0.29) is 11.8 Å². The van der Waals surface area contributed by atoms with Crippen molar-refractivity contribution in [1.82, 2.24) is 9.80 Å². The first kappa shape index (κ1) is 15.4. The number of carbonyl (C=O) groups is 2. The summed E-state index contributed by atoms with van der Waals surface area (Å²) in [5, 5.41) is 0. The molecule has 0 aliphatic carbocycles. The number of benzene rings is 1. The summed E-state index contributed by atoms with van der Waals surface area (Å²) in [6, 6.07) is 7.79. The van der Waals surface area contributed by atoms with Gasteiger partial charge >= 0.3 is 0 Å². The highest BCUT2D eigenvalue weighted by molar-refractivity contribution is 5.77. The summed E-state index contributed by atoms with van der Waals surface area (Å²) in [5.74, 6) is 1.05. The molecular weight excluding hydrogens is 268 g/mol. The molecule has 1 fully saturated rings. The molecule has 1 aromatic carbocycles. The second kappa shape index (κ2) is 7.11. The second-order valence-corrected chi connectivity index (χ2v) is 5.24. The molecule has 1 heterocycles. The minimum absolute atomic E-state index is 0.0819. The van der Waals surface area contributed by atoms with Crippen LogP contribution in [0.4, 0.5) is 0 Å². The van der Waals surface area contributed by atoms with E-state index in [2.05, 4.69) is 0 Å². The molecule has 2 rings (SSSR count). The maximum Gasteiger partial charge on any atom is 0.223 e. The van der Waals surface area contributed by atoms with Crippen LogP contribution in [0, 0.1) is 0 Å². The average Bonchev–Trinajstić information content (AvgIpc) is 2.53. The largest absolute Gasteiger partial charge is 0.497 e. The Hall–Kier alpha value is -2.04. The summed E-state index contributed by atoms with van der Waals surface area (Å²) in [7, 11) is 1.64. The average molecular weight is 290 g/mol. The molecule has 2 amide bonds. The van der Waals surface area contributed by atoms with E-state index in [1.807, 2.05) is 29.2 Å². The van der Waals surface area contributed by atoms with Gasteiger partial charge in [0.15, 0.2) is 0 Å². The lowest BCUT2D eigenvalue weighted by Gasteiger charge is -2.34. The Morgan fingerprint density at radius 2 is 1.81 bits per heavy atom. The molecule has 0 aromatic heterocycles. The zero-order chi connectivity index (χ0) is 15.2. The van der Waals surface area contributed by atoms with E-state index in [4.69, 9.17) is 4.74 Å². The standard InChI is InChI=1S/C16H22N2O3/c1-13(19)17-8-10-18(11-9-17)16(20)7-6-14-4-3-5-15(12-14)21-2/h3-5,12H,6-11H2,1-2H3. The monoisotopic (exact) mass is 290 g/mol. The Labute approximate surface area is 125 Å². The third-order valence-corrected chi connectivity index (χ3v) is 3.84. The van der Waals surface area contributed by atoms with Crippen LogP contribution < -0.4 is 4.74 Å². The Morgan fingerprint density at radius 1 is 1.14 bits per heavy atom. The SMILES string of the molecule is COc1cccc(CCC(=O)N2CCN(C(C)=O)CC2)c1. The van der Waals surface area contributed by atoms with Gasteiger partial charge in [-0.1, -0.05) is 12.1 Å². The van der Waals surface area contributed by atoms with Crippen LogP contribution in [0.3, 0.4) is 0 Å². The minimum Gasteiger partial charge on any atom is -0.497 e. The van der Waals surface area contributed by atoms with Gasteiger partial charge in [-0.3, -0.25) is 9.59 Å². The Bertz CT molecular complexity index is 508. The molecule has 0 unspecified atom stereocenters. The number of ether oxygens (including phenoxy) is 1. The molecule has 0 atom stereocenters. The van der Waals surface area contributed by atoms with Crippen molar-refractivity contribution in [2.24, 2.45) is 0 Å². The van der Waals surface area contributed by atoms with E-state index in [0.29, 0.717) is 39.0 Å². The topological polar surface area (TPSA) is 49.9 Å². The summed E-state index contributed by atoms with van der Waals surface area (Å²) in [6.45, 7) is 4.12. The van der Waals surface area contributed by atoms with Gasteiger partial charge < -0.3 is 14.5 Å². The number of hydrogen-bond donors (Lipinski definition) is 0. The van der Waals surface area contributed by atoms with Crippen LogP contribution in [-0.2, 0) is 16.0 Å². The number of rotatable bonds is 4. The van der Waals surface area contributed by atoms with Crippen LogP contribution in [0.15, 0.2) is 24.3 Å². The van der Waals surface area contributed by atoms with Crippen molar-refractivity contribution in [2.75, 3.05) is 33.3 Å². The highest BCUT2D eigenvalue weighted by Crippen LogP contribution is 2.14. The van der Waals surface area contributed by atoms with Gasteiger partial charge in [-0.25, -0.2) is 0 Å². The van der Waals surface area contributed by atoms with E-state index >= 15 is 0 Å². The Kier molecular flexibility index (Phi) is 5.20. The van der Waals surface area contributed by atoms with Gasteiger partial charge in [0, 0.05) is 39.5 Å². The van der Waals surface area contributed by atoms with Crippen LogP contribution in [0.25, 0.3) is 0 Å². The van der Waals surface area contributed by atoms with Crippen LogP contribution in [-0.4, -0.2) is 54.9 Å². The molecule has 114 valence electrons. The van der Waals surface area contributed by atoms with E-state index in [1.54, 1.807) is 18.9 Å². The smallest absolute Gasteiger partial charge is 0.223 e. The molecule has 1 aliphatic rings. The molecule has 0 radical (unpaired) electrons. The van der Waals surface area contributed by atoms with Crippen LogP contribution in [0.5, 0.6) is 5.75 Å². The first-order chi connectivity index (χ1) is 10.1. The summed E-state index contributed by atoms with van der Waals surface area (Å²) < 4.78 is 5.18. The first-order valence-corrected chi connectivity index (χ1v) is 7.26. The quantitative estimate of drug-likeness (QED) is 0.840.